The lowest BCUT2D eigenvalue weighted by Gasteiger charge is -2.49. The first-order valence-corrected chi connectivity index (χ1v) is 7.13. The summed E-state index contributed by atoms with van der Waals surface area (Å²) in [6, 6.07) is 5.77. The molecule has 0 spiro atoms. The van der Waals surface area contributed by atoms with Crippen molar-refractivity contribution in [1.29, 1.82) is 0 Å². The third-order valence-electron chi connectivity index (χ3n) is 4.55. The van der Waals surface area contributed by atoms with Crippen LogP contribution in [0, 0.1) is 0 Å². The molecule has 2 aliphatic heterocycles. The Morgan fingerprint density at radius 2 is 2.00 bits per heavy atom. The maximum atomic E-state index is 11.2. The standard InChI is InChI=1S/C16H22N2O2/c1-15(2)8-12-13(16(3,4)18-15)10-7-9(14(19)20)5-6-11(10)17-12/h5-7,12-13,17-18H,8H2,1-4H3,(H,19,20). The first-order valence-electron chi connectivity index (χ1n) is 7.13. The van der Waals surface area contributed by atoms with Crippen molar-refractivity contribution in [3.63, 3.8) is 0 Å². The highest BCUT2D eigenvalue weighted by atomic mass is 16.4. The van der Waals surface area contributed by atoms with Crippen molar-refractivity contribution in [3.05, 3.63) is 29.3 Å². The molecule has 2 aliphatic rings. The fourth-order valence-corrected chi connectivity index (χ4v) is 4.20. The fraction of sp³-hybridized carbons (Fsp3) is 0.562. The Labute approximate surface area is 119 Å². The highest BCUT2D eigenvalue weighted by molar-refractivity contribution is 5.89. The molecule has 0 aliphatic carbocycles. The van der Waals surface area contributed by atoms with Gasteiger partial charge in [0.15, 0.2) is 0 Å². The van der Waals surface area contributed by atoms with Crippen LogP contribution in [-0.4, -0.2) is 28.2 Å². The summed E-state index contributed by atoms with van der Waals surface area (Å²) >= 11 is 0. The Balaban J connectivity index is 2.06. The number of hydrogen-bond donors (Lipinski definition) is 3. The van der Waals surface area contributed by atoms with E-state index in [1.165, 1.54) is 0 Å². The summed E-state index contributed by atoms with van der Waals surface area (Å²) in [4.78, 5) is 11.2. The molecule has 3 N–H and O–H groups in total. The smallest absolute Gasteiger partial charge is 0.335 e. The van der Waals surface area contributed by atoms with Gasteiger partial charge in [0.2, 0.25) is 0 Å². The van der Waals surface area contributed by atoms with E-state index in [9.17, 15) is 9.90 Å². The minimum atomic E-state index is -0.863. The molecule has 1 aromatic carbocycles. The van der Waals surface area contributed by atoms with E-state index in [-0.39, 0.29) is 11.1 Å². The quantitative estimate of drug-likeness (QED) is 0.737. The van der Waals surface area contributed by atoms with Crippen molar-refractivity contribution in [2.45, 2.75) is 57.2 Å². The minimum Gasteiger partial charge on any atom is -0.478 e. The first-order chi connectivity index (χ1) is 9.20. The van der Waals surface area contributed by atoms with Crippen molar-refractivity contribution in [2.24, 2.45) is 0 Å². The van der Waals surface area contributed by atoms with Gasteiger partial charge in [-0.05, 0) is 57.9 Å². The summed E-state index contributed by atoms with van der Waals surface area (Å²) in [5.41, 5.74) is 2.59. The molecule has 1 fully saturated rings. The number of aromatic carboxylic acids is 1. The van der Waals surface area contributed by atoms with Crippen molar-refractivity contribution < 1.29 is 9.90 Å². The number of carboxylic acid groups (broad SMARTS) is 1. The van der Waals surface area contributed by atoms with E-state index < -0.39 is 5.97 Å². The second kappa shape index (κ2) is 3.98. The van der Waals surface area contributed by atoms with Gasteiger partial charge in [0, 0.05) is 28.7 Å². The Morgan fingerprint density at radius 3 is 2.65 bits per heavy atom. The molecule has 1 saturated heterocycles. The fourth-order valence-electron chi connectivity index (χ4n) is 4.20. The molecule has 4 heteroatoms. The molecule has 3 rings (SSSR count). The number of rotatable bonds is 1. The topological polar surface area (TPSA) is 61.4 Å². The predicted octanol–water partition coefficient (Wildman–Crippen LogP) is 2.81. The van der Waals surface area contributed by atoms with Gasteiger partial charge < -0.3 is 15.7 Å². The van der Waals surface area contributed by atoms with Gasteiger partial charge in [-0.25, -0.2) is 4.79 Å². The molecule has 1 aromatic rings. The van der Waals surface area contributed by atoms with Crippen molar-refractivity contribution in [3.8, 4) is 0 Å². The molecule has 0 radical (unpaired) electrons. The average Bonchev–Trinajstić information content (AvgIpc) is 2.62. The Kier molecular flexibility index (Phi) is 2.67. The molecule has 2 unspecified atom stereocenters. The summed E-state index contributed by atoms with van der Waals surface area (Å²) in [5, 5.41) is 16.5. The van der Waals surface area contributed by atoms with Gasteiger partial charge in [0.1, 0.15) is 0 Å². The predicted molar refractivity (Wildman–Crippen MR) is 79.5 cm³/mol. The van der Waals surface area contributed by atoms with Gasteiger partial charge >= 0.3 is 5.97 Å². The van der Waals surface area contributed by atoms with E-state index in [0.29, 0.717) is 17.5 Å². The number of fused-ring (bicyclic) bond motifs is 3. The lowest BCUT2D eigenvalue weighted by molar-refractivity contribution is 0.0696. The van der Waals surface area contributed by atoms with Crippen LogP contribution in [-0.2, 0) is 0 Å². The van der Waals surface area contributed by atoms with E-state index in [1.54, 1.807) is 6.07 Å². The molecular weight excluding hydrogens is 252 g/mol. The maximum Gasteiger partial charge on any atom is 0.335 e. The zero-order chi connectivity index (χ0) is 14.7. The van der Waals surface area contributed by atoms with Crippen LogP contribution >= 0.6 is 0 Å². The number of anilines is 1. The van der Waals surface area contributed by atoms with Crippen LogP contribution in [0.5, 0.6) is 0 Å². The molecule has 0 bridgehead atoms. The monoisotopic (exact) mass is 274 g/mol. The lowest BCUT2D eigenvalue weighted by Crippen LogP contribution is -2.63. The van der Waals surface area contributed by atoms with E-state index in [1.807, 2.05) is 12.1 Å². The van der Waals surface area contributed by atoms with Gasteiger partial charge in [0.25, 0.3) is 0 Å². The molecule has 2 heterocycles. The first kappa shape index (κ1) is 13.4. The van der Waals surface area contributed by atoms with Gasteiger partial charge in [-0.15, -0.1) is 0 Å². The summed E-state index contributed by atoms with van der Waals surface area (Å²) in [7, 11) is 0. The number of nitrogens with one attached hydrogen (secondary N) is 2. The van der Waals surface area contributed by atoms with Crippen molar-refractivity contribution in [1.82, 2.24) is 5.32 Å². The number of hydrogen-bond acceptors (Lipinski definition) is 3. The molecule has 108 valence electrons. The second-order valence-electron chi connectivity index (χ2n) is 7.27. The summed E-state index contributed by atoms with van der Waals surface area (Å²) in [6.45, 7) is 8.85. The van der Waals surface area contributed by atoms with Gasteiger partial charge in [0.05, 0.1) is 5.56 Å². The average molecular weight is 274 g/mol. The van der Waals surface area contributed by atoms with Crippen LogP contribution in [0.2, 0.25) is 0 Å². The Morgan fingerprint density at radius 1 is 1.30 bits per heavy atom. The third-order valence-corrected chi connectivity index (χ3v) is 4.55. The molecule has 2 atom stereocenters. The van der Waals surface area contributed by atoms with E-state index in [4.69, 9.17) is 0 Å². The Hall–Kier alpha value is -1.55. The third kappa shape index (κ3) is 1.99. The maximum absolute atomic E-state index is 11.2. The van der Waals surface area contributed by atoms with Gasteiger partial charge in [-0.1, -0.05) is 0 Å². The van der Waals surface area contributed by atoms with Crippen LogP contribution in [0.25, 0.3) is 0 Å². The van der Waals surface area contributed by atoms with Crippen LogP contribution < -0.4 is 10.6 Å². The zero-order valence-electron chi connectivity index (χ0n) is 12.4. The highest BCUT2D eigenvalue weighted by Crippen LogP contribution is 2.48. The molecule has 0 saturated carbocycles. The number of carboxylic acids is 1. The lowest BCUT2D eigenvalue weighted by atomic mass is 9.70. The summed E-state index contributed by atoms with van der Waals surface area (Å²) in [6.07, 6.45) is 1.03. The Bertz CT molecular complexity index is 578. The molecule has 20 heavy (non-hydrogen) atoms. The number of carbonyl (C=O) groups is 1. The van der Waals surface area contributed by atoms with Gasteiger partial charge in [-0.3, -0.25) is 0 Å². The largest absolute Gasteiger partial charge is 0.478 e. The van der Waals surface area contributed by atoms with Crippen LogP contribution in [0.15, 0.2) is 18.2 Å². The van der Waals surface area contributed by atoms with E-state index in [2.05, 4.69) is 38.3 Å². The van der Waals surface area contributed by atoms with Crippen molar-refractivity contribution >= 4 is 11.7 Å². The van der Waals surface area contributed by atoms with Crippen LogP contribution in [0.4, 0.5) is 5.69 Å². The molecular formula is C16H22N2O2. The van der Waals surface area contributed by atoms with Crippen LogP contribution in [0.3, 0.4) is 0 Å². The van der Waals surface area contributed by atoms with Crippen molar-refractivity contribution in [2.75, 3.05) is 5.32 Å². The van der Waals surface area contributed by atoms with Gasteiger partial charge in [-0.2, -0.15) is 0 Å². The highest BCUT2D eigenvalue weighted by Gasteiger charge is 2.49. The summed E-state index contributed by atoms with van der Waals surface area (Å²) in [5.74, 6) is -0.567. The summed E-state index contributed by atoms with van der Waals surface area (Å²) < 4.78 is 0. The minimum absolute atomic E-state index is 0.0677. The SMILES string of the molecule is CC1(C)CC2Nc3ccc(C(=O)O)cc3C2C(C)(C)N1. The second-order valence-corrected chi connectivity index (χ2v) is 7.27. The molecule has 4 nitrogen and oxygen atoms in total. The van der Waals surface area contributed by atoms with Crippen LogP contribution in [0.1, 0.15) is 56.0 Å². The normalized spacial score (nSPS) is 29.2. The van der Waals surface area contributed by atoms with E-state index >= 15 is 0 Å². The molecule has 0 amide bonds. The zero-order valence-corrected chi connectivity index (χ0v) is 12.4. The number of piperidine rings is 1. The van der Waals surface area contributed by atoms with E-state index in [0.717, 1.165) is 17.7 Å². The molecule has 0 aromatic heterocycles. The number of benzene rings is 1.